The third kappa shape index (κ3) is 3.90. The van der Waals surface area contributed by atoms with Crippen LogP contribution in [0.3, 0.4) is 0 Å². The lowest BCUT2D eigenvalue weighted by molar-refractivity contribution is 0.0490. The van der Waals surface area contributed by atoms with Crippen molar-refractivity contribution in [2.75, 3.05) is 26.4 Å². The van der Waals surface area contributed by atoms with E-state index in [-0.39, 0.29) is 17.8 Å². The summed E-state index contributed by atoms with van der Waals surface area (Å²) in [6, 6.07) is 4.49. The topological polar surface area (TPSA) is 75.0 Å². The van der Waals surface area contributed by atoms with Crippen molar-refractivity contribution in [3.05, 3.63) is 39.7 Å². The molecule has 1 aromatic heterocycles. The third-order valence-electron chi connectivity index (χ3n) is 3.26. The molecule has 0 aliphatic carbocycles. The second kappa shape index (κ2) is 7.78. The third-order valence-corrected chi connectivity index (χ3v) is 3.26. The Labute approximate surface area is 134 Å². The molecule has 0 saturated carbocycles. The van der Waals surface area contributed by atoms with Gasteiger partial charge in [0.1, 0.15) is 17.9 Å². The van der Waals surface area contributed by atoms with Crippen LogP contribution in [0.2, 0.25) is 0 Å². The summed E-state index contributed by atoms with van der Waals surface area (Å²) in [5, 5.41) is 0.396. The molecule has 1 aromatic carbocycles. The molecule has 2 aromatic rings. The van der Waals surface area contributed by atoms with E-state index in [4.69, 9.17) is 18.6 Å². The van der Waals surface area contributed by atoms with Gasteiger partial charge in [-0.15, -0.1) is 0 Å². The van der Waals surface area contributed by atoms with E-state index in [1.165, 1.54) is 0 Å². The highest BCUT2D eigenvalue weighted by molar-refractivity contribution is 5.90. The Morgan fingerprint density at radius 2 is 1.96 bits per heavy atom. The Hall–Kier alpha value is -2.34. The van der Waals surface area contributed by atoms with E-state index in [1.807, 2.05) is 6.92 Å². The van der Waals surface area contributed by atoms with Gasteiger partial charge in [-0.05, 0) is 32.9 Å². The standard InChI is InChI=1S/C17H20O6/c1-4-20-8-9-22-14-7-6-12-13(18)10-15(17(19)21-5-2)23-16(12)11(14)3/h6-7,10H,4-5,8-9H2,1-3H3. The summed E-state index contributed by atoms with van der Waals surface area (Å²) in [5.74, 6) is -0.186. The van der Waals surface area contributed by atoms with Crippen molar-refractivity contribution < 1.29 is 23.4 Å². The van der Waals surface area contributed by atoms with Crippen LogP contribution >= 0.6 is 0 Å². The van der Waals surface area contributed by atoms with E-state index in [0.29, 0.717) is 42.1 Å². The number of hydrogen-bond acceptors (Lipinski definition) is 6. The number of benzene rings is 1. The highest BCUT2D eigenvalue weighted by Gasteiger charge is 2.16. The summed E-state index contributed by atoms with van der Waals surface area (Å²) in [6.07, 6.45) is 0. The fourth-order valence-electron chi connectivity index (χ4n) is 2.15. The van der Waals surface area contributed by atoms with Crippen LogP contribution in [0.5, 0.6) is 5.75 Å². The SMILES string of the molecule is CCOCCOc1ccc2c(=O)cc(C(=O)OCC)oc2c1C. The van der Waals surface area contributed by atoms with Gasteiger partial charge in [0, 0.05) is 18.2 Å². The summed E-state index contributed by atoms with van der Waals surface area (Å²) in [5.41, 5.74) is 0.690. The maximum absolute atomic E-state index is 12.1. The predicted molar refractivity (Wildman–Crippen MR) is 85.2 cm³/mol. The molecular formula is C17H20O6. The molecule has 2 rings (SSSR count). The molecule has 1 heterocycles. The van der Waals surface area contributed by atoms with Gasteiger partial charge in [-0.3, -0.25) is 4.79 Å². The fraction of sp³-hybridized carbons (Fsp3) is 0.412. The van der Waals surface area contributed by atoms with Crippen LogP contribution in [0.4, 0.5) is 0 Å². The number of rotatable bonds is 7. The van der Waals surface area contributed by atoms with Crippen molar-refractivity contribution in [2.45, 2.75) is 20.8 Å². The Balaban J connectivity index is 2.37. The van der Waals surface area contributed by atoms with Gasteiger partial charge in [-0.2, -0.15) is 0 Å². The number of carbonyl (C=O) groups is 1. The number of esters is 1. The van der Waals surface area contributed by atoms with Gasteiger partial charge in [-0.1, -0.05) is 0 Å². The van der Waals surface area contributed by atoms with Crippen LogP contribution in [0.25, 0.3) is 11.0 Å². The zero-order chi connectivity index (χ0) is 16.8. The minimum absolute atomic E-state index is 0.112. The first-order valence-corrected chi connectivity index (χ1v) is 7.53. The van der Waals surface area contributed by atoms with Crippen LogP contribution in [0, 0.1) is 6.92 Å². The average Bonchev–Trinajstić information content (AvgIpc) is 2.54. The molecule has 23 heavy (non-hydrogen) atoms. The van der Waals surface area contributed by atoms with E-state index in [1.54, 1.807) is 26.0 Å². The Morgan fingerprint density at radius 1 is 1.17 bits per heavy atom. The normalized spacial score (nSPS) is 10.7. The highest BCUT2D eigenvalue weighted by atomic mass is 16.5. The summed E-state index contributed by atoms with van der Waals surface area (Å²) in [7, 11) is 0. The molecule has 0 saturated heterocycles. The van der Waals surface area contributed by atoms with Crippen LogP contribution in [-0.4, -0.2) is 32.4 Å². The highest BCUT2D eigenvalue weighted by Crippen LogP contribution is 2.26. The molecule has 0 bridgehead atoms. The molecule has 0 fully saturated rings. The van der Waals surface area contributed by atoms with Crippen LogP contribution < -0.4 is 10.2 Å². The summed E-state index contributed by atoms with van der Waals surface area (Å²) >= 11 is 0. The van der Waals surface area contributed by atoms with Crippen molar-refractivity contribution >= 4 is 16.9 Å². The number of ether oxygens (including phenoxy) is 3. The lowest BCUT2D eigenvalue weighted by atomic mass is 10.1. The van der Waals surface area contributed by atoms with Crippen molar-refractivity contribution in [3.63, 3.8) is 0 Å². The van der Waals surface area contributed by atoms with Crippen LogP contribution in [0.15, 0.2) is 27.4 Å². The first-order chi connectivity index (χ1) is 11.1. The zero-order valence-corrected chi connectivity index (χ0v) is 13.5. The van der Waals surface area contributed by atoms with E-state index in [2.05, 4.69) is 0 Å². The quantitative estimate of drug-likeness (QED) is 0.577. The maximum Gasteiger partial charge on any atom is 0.374 e. The molecule has 0 amide bonds. The Kier molecular flexibility index (Phi) is 5.76. The van der Waals surface area contributed by atoms with Crippen molar-refractivity contribution in [2.24, 2.45) is 0 Å². The van der Waals surface area contributed by atoms with Gasteiger partial charge in [0.05, 0.1) is 18.6 Å². The molecule has 0 aliphatic heterocycles. The van der Waals surface area contributed by atoms with Crippen LogP contribution in [0.1, 0.15) is 30.0 Å². The summed E-state index contributed by atoms with van der Waals surface area (Å²) in [6.45, 7) is 7.07. The minimum Gasteiger partial charge on any atom is -0.491 e. The fourth-order valence-corrected chi connectivity index (χ4v) is 2.15. The predicted octanol–water partition coefficient (Wildman–Crippen LogP) is 2.69. The first kappa shape index (κ1) is 17.0. The van der Waals surface area contributed by atoms with Gasteiger partial charge in [0.25, 0.3) is 0 Å². The zero-order valence-electron chi connectivity index (χ0n) is 13.5. The van der Waals surface area contributed by atoms with Crippen LogP contribution in [-0.2, 0) is 9.47 Å². The molecule has 0 spiro atoms. The monoisotopic (exact) mass is 320 g/mol. The Bertz CT molecular complexity index is 747. The number of aryl methyl sites for hydroxylation is 1. The molecule has 0 aliphatic rings. The summed E-state index contributed by atoms with van der Waals surface area (Å²) < 4.78 is 21.3. The van der Waals surface area contributed by atoms with Crippen molar-refractivity contribution in [1.29, 1.82) is 0 Å². The van der Waals surface area contributed by atoms with E-state index >= 15 is 0 Å². The molecule has 6 nitrogen and oxygen atoms in total. The minimum atomic E-state index is -0.659. The Morgan fingerprint density at radius 3 is 2.65 bits per heavy atom. The van der Waals surface area contributed by atoms with E-state index in [0.717, 1.165) is 6.07 Å². The molecule has 0 unspecified atom stereocenters. The van der Waals surface area contributed by atoms with E-state index in [9.17, 15) is 9.59 Å². The second-order valence-corrected chi connectivity index (χ2v) is 4.81. The van der Waals surface area contributed by atoms with Crippen molar-refractivity contribution in [3.8, 4) is 5.75 Å². The molecule has 0 atom stereocenters. The van der Waals surface area contributed by atoms with Gasteiger partial charge < -0.3 is 18.6 Å². The van der Waals surface area contributed by atoms with E-state index < -0.39 is 5.97 Å². The first-order valence-electron chi connectivity index (χ1n) is 7.53. The maximum atomic E-state index is 12.1. The largest absolute Gasteiger partial charge is 0.491 e. The lowest BCUT2D eigenvalue weighted by Gasteiger charge is -2.11. The molecule has 0 N–H and O–H groups in total. The summed E-state index contributed by atoms with van der Waals surface area (Å²) in [4.78, 5) is 23.9. The number of hydrogen-bond donors (Lipinski definition) is 0. The lowest BCUT2D eigenvalue weighted by Crippen LogP contribution is -2.11. The van der Waals surface area contributed by atoms with Gasteiger partial charge in [0.2, 0.25) is 5.76 Å². The average molecular weight is 320 g/mol. The van der Waals surface area contributed by atoms with Gasteiger partial charge in [0.15, 0.2) is 5.43 Å². The molecule has 6 heteroatoms. The number of carbonyl (C=O) groups excluding carboxylic acids is 1. The second-order valence-electron chi connectivity index (χ2n) is 4.81. The van der Waals surface area contributed by atoms with Gasteiger partial charge >= 0.3 is 5.97 Å². The molecule has 0 radical (unpaired) electrons. The van der Waals surface area contributed by atoms with Crippen molar-refractivity contribution in [1.82, 2.24) is 0 Å². The number of fused-ring (bicyclic) bond motifs is 1. The van der Waals surface area contributed by atoms with Gasteiger partial charge in [-0.25, -0.2) is 4.79 Å². The molecule has 124 valence electrons. The molecular weight excluding hydrogens is 300 g/mol. The smallest absolute Gasteiger partial charge is 0.374 e.